The Morgan fingerprint density at radius 3 is 2.56 bits per heavy atom. The van der Waals surface area contributed by atoms with Gasteiger partial charge >= 0.3 is 0 Å². The number of nitrogens with one attached hydrogen (secondary N) is 1. The predicted molar refractivity (Wildman–Crippen MR) is 94.5 cm³/mol. The van der Waals surface area contributed by atoms with Gasteiger partial charge in [0.15, 0.2) is 11.5 Å². The molecule has 0 bridgehead atoms. The fourth-order valence-corrected chi connectivity index (χ4v) is 3.32. The summed E-state index contributed by atoms with van der Waals surface area (Å²) in [5.74, 6) is 0.870. The fourth-order valence-electron chi connectivity index (χ4n) is 2.44. The van der Waals surface area contributed by atoms with Crippen LogP contribution in [0, 0.1) is 0 Å². The zero-order valence-electron chi connectivity index (χ0n) is 14.8. The standard InChI is InChI=1S/C16H25N3O5S/c1-18(2)8-4-9-19(25(3,21)22)10-7-17-16(20)13-5-6-14-15(11-13)24-12-23-14/h5-6,11H,4,7-10,12H2,1-3H3,(H,17,20). The minimum absolute atomic E-state index is 0.149. The van der Waals surface area contributed by atoms with Crippen molar-refractivity contribution in [3.8, 4) is 11.5 Å². The molecule has 0 saturated heterocycles. The molecule has 8 nitrogen and oxygen atoms in total. The molecule has 1 aromatic carbocycles. The maximum absolute atomic E-state index is 12.2. The van der Waals surface area contributed by atoms with Gasteiger partial charge in [-0.05, 0) is 45.3 Å². The third-order valence-electron chi connectivity index (χ3n) is 3.76. The van der Waals surface area contributed by atoms with Gasteiger partial charge in [-0.2, -0.15) is 0 Å². The van der Waals surface area contributed by atoms with Gasteiger partial charge in [0.05, 0.1) is 6.26 Å². The number of hydrogen-bond acceptors (Lipinski definition) is 6. The minimum atomic E-state index is -3.31. The molecule has 0 aliphatic carbocycles. The molecule has 1 aromatic rings. The Hall–Kier alpha value is -1.84. The smallest absolute Gasteiger partial charge is 0.251 e. The molecule has 1 N–H and O–H groups in total. The van der Waals surface area contributed by atoms with E-state index in [1.165, 1.54) is 10.6 Å². The average Bonchev–Trinajstić information content (AvgIpc) is 2.99. The van der Waals surface area contributed by atoms with E-state index in [2.05, 4.69) is 5.32 Å². The van der Waals surface area contributed by atoms with Crippen molar-refractivity contribution in [2.45, 2.75) is 6.42 Å². The molecular formula is C16H25N3O5S. The highest BCUT2D eigenvalue weighted by Crippen LogP contribution is 2.32. The Bertz CT molecular complexity index is 706. The minimum Gasteiger partial charge on any atom is -0.454 e. The fraction of sp³-hybridized carbons (Fsp3) is 0.562. The lowest BCUT2D eigenvalue weighted by Gasteiger charge is -2.21. The summed E-state index contributed by atoms with van der Waals surface area (Å²) in [6, 6.07) is 4.94. The van der Waals surface area contributed by atoms with E-state index in [1.807, 2.05) is 19.0 Å². The number of rotatable bonds is 9. The number of carbonyl (C=O) groups is 1. The van der Waals surface area contributed by atoms with E-state index in [4.69, 9.17) is 9.47 Å². The molecule has 0 aromatic heterocycles. The van der Waals surface area contributed by atoms with Crippen LogP contribution in [0.2, 0.25) is 0 Å². The molecule has 9 heteroatoms. The zero-order valence-corrected chi connectivity index (χ0v) is 15.6. The van der Waals surface area contributed by atoms with Crippen LogP contribution < -0.4 is 14.8 Å². The number of hydrogen-bond donors (Lipinski definition) is 1. The van der Waals surface area contributed by atoms with Gasteiger partial charge in [-0.1, -0.05) is 0 Å². The maximum Gasteiger partial charge on any atom is 0.251 e. The second kappa shape index (κ2) is 8.50. The zero-order chi connectivity index (χ0) is 18.4. The van der Waals surface area contributed by atoms with E-state index < -0.39 is 10.0 Å². The molecule has 1 amide bonds. The van der Waals surface area contributed by atoms with Crippen molar-refractivity contribution in [1.82, 2.24) is 14.5 Å². The predicted octanol–water partition coefficient (Wildman–Crippen LogP) is 0.358. The molecule has 0 radical (unpaired) electrons. The van der Waals surface area contributed by atoms with E-state index in [0.717, 1.165) is 13.0 Å². The number of sulfonamides is 1. The second-order valence-corrected chi connectivity index (χ2v) is 8.13. The Balaban J connectivity index is 1.85. The molecule has 0 unspecified atom stereocenters. The monoisotopic (exact) mass is 371 g/mol. The van der Waals surface area contributed by atoms with Crippen LogP contribution in [-0.4, -0.2) is 76.9 Å². The summed E-state index contributed by atoms with van der Waals surface area (Å²) in [6.07, 6.45) is 1.92. The summed E-state index contributed by atoms with van der Waals surface area (Å²) in [5, 5.41) is 2.74. The average molecular weight is 371 g/mol. The lowest BCUT2D eigenvalue weighted by molar-refractivity contribution is 0.0951. The number of fused-ring (bicyclic) bond motifs is 1. The SMILES string of the molecule is CN(C)CCCN(CCNC(=O)c1ccc2c(c1)OCO2)S(C)(=O)=O. The molecule has 0 atom stereocenters. The summed E-state index contributed by atoms with van der Waals surface area (Å²) in [5.41, 5.74) is 0.447. The highest BCUT2D eigenvalue weighted by Gasteiger charge is 2.18. The van der Waals surface area contributed by atoms with Gasteiger partial charge in [-0.25, -0.2) is 12.7 Å². The number of nitrogens with zero attached hydrogens (tertiary/aromatic N) is 2. The molecule has 0 saturated carbocycles. The van der Waals surface area contributed by atoms with E-state index in [0.29, 0.717) is 23.6 Å². The molecule has 2 rings (SSSR count). The van der Waals surface area contributed by atoms with Gasteiger partial charge in [0.25, 0.3) is 5.91 Å². The van der Waals surface area contributed by atoms with Crippen LogP contribution in [-0.2, 0) is 10.0 Å². The number of amides is 1. The summed E-state index contributed by atoms with van der Waals surface area (Å²) >= 11 is 0. The van der Waals surface area contributed by atoms with Gasteiger partial charge in [0.1, 0.15) is 0 Å². The molecule has 1 heterocycles. The maximum atomic E-state index is 12.2. The topological polar surface area (TPSA) is 88.2 Å². The van der Waals surface area contributed by atoms with Crippen molar-refractivity contribution in [3.63, 3.8) is 0 Å². The van der Waals surface area contributed by atoms with Gasteiger partial charge < -0.3 is 19.7 Å². The quantitative estimate of drug-likeness (QED) is 0.674. The highest BCUT2D eigenvalue weighted by atomic mass is 32.2. The van der Waals surface area contributed by atoms with E-state index in [-0.39, 0.29) is 25.8 Å². The van der Waals surface area contributed by atoms with Crippen molar-refractivity contribution in [1.29, 1.82) is 0 Å². The molecule has 0 fully saturated rings. The molecule has 25 heavy (non-hydrogen) atoms. The number of ether oxygens (including phenoxy) is 2. The van der Waals surface area contributed by atoms with Crippen LogP contribution in [0.4, 0.5) is 0 Å². The highest BCUT2D eigenvalue weighted by molar-refractivity contribution is 7.88. The first-order valence-electron chi connectivity index (χ1n) is 8.05. The van der Waals surface area contributed by atoms with E-state index in [9.17, 15) is 13.2 Å². The van der Waals surface area contributed by atoms with Gasteiger partial charge in [0, 0.05) is 25.2 Å². The Kier molecular flexibility index (Phi) is 6.63. The third kappa shape index (κ3) is 5.87. The Morgan fingerprint density at radius 2 is 1.88 bits per heavy atom. The van der Waals surface area contributed by atoms with Crippen molar-refractivity contribution >= 4 is 15.9 Å². The first-order chi connectivity index (χ1) is 11.8. The molecule has 140 valence electrons. The first-order valence-corrected chi connectivity index (χ1v) is 9.90. The van der Waals surface area contributed by atoms with Crippen molar-refractivity contribution in [2.75, 3.05) is 53.3 Å². The van der Waals surface area contributed by atoms with E-state index in [1.54, 1.807) is 18.2 Å². The molecular weight excluding hydrogens is 346 g/mol. The lowest BCUT2D eigenvalue weighted by Crippen LogP contribution is -2.39. The second-order valence-electron chi connectivity index (χ2n) is 6.14. The normalized spacial score (nSPS) is 13.5. The molecule has 0 spiro atoms. The van der Waals surface area contributed by atoms with Crippen molar-refractivity contribution in [2.24, 2.45) is 0 Å². The largest absolute Gasteiger partial charge is 0.454 e. The van der Waals surface area contributed by atoms with Crippen LogP contribution in [0.3, 0.4) is 0 Å². The van der Waals surface area contributed by atoms with Crippen LogP contribution in [0.5, 0.6) is 11.5 Å². The summed E-state index contributed by atoms with van der Waals surface area (Å²) in [7, 11) is 0.575. The van der Waals surface area contributed by atoms with Crippen LogP contribution >= 0.6 is 0 Å². The third-order valence-corrected chi connectivity index (χ3v) is 5.07. The van der Waals surface area contributed by atoms with Crippen LogP contribution in [0.25, 0.3) is 0 Å². The van der Waals surface area contributed by atoms with Gasteiger partial charge in [-0.3, -0.25) is 4.79 Å². The summed E-state index contributed by atoms with van der Waals surface area (Å²) in [6.45, 7) is 1.86. The van der Waals surface area contributed by atoms with E-state index >= 15 is 0 Å². The van der Waals surface area contributed by atoms with Gasteiger partial charge in [0.2, 0.25) is 16.8 Å². The van der Waals surface area contributed by atoms with Crippen molar-refractivity contribution < 1.29 is 22.7 Å². The number of benzene rings is 1. The number of carbonyl (C=O) groups excluding carboxylic acids is 1. The summed E-state index contributed by atoms with van der Waals surface area (Å²) in [4.78, 5) is 14.2. The van der Waals surface area contributed by atoms with Crippen molar-refractivity contribution in [3.05, 3.63) is 23.8 Å². The summed E-state index contributed by atoms with van der Waals surface area (Å²) < 4.78 is 35.5. The van der Waals surface area contributed by atoms with Crippen LogP contribution in [0.1, 0.15) is 16.8 Å². The first kappa shape index (κ1) is 19.5. The molecule has 1 aliphatic heterocycles. The van der Waals surface area contributed by atoms with Gasteiger partial charge in [-0.15, -0.1) is 0 Å². The lowest BCUT2D eigenvalue weighted by atomic mass is 10.2. The Labute approximate surface area is 148 Å². The van der Waals surface area contributed by atoms with Crippen LogP contribution in [0.15, 0.2) is 18.2 Å². The molecule has 1 aliphatic rings. The Morgan fingerprint density at radius 1 is 1.16 bits per heavy atom.